The maximum atomic E-state index is 5.06. The number of nitrogens with one attached hydrogen (secondary N) is 1. The van der Waals surface area contributed by atoms with E-state index in [1.165, 1.54) is 42.6 Å². The van der Waals surface area contributed by atoms with Crippen LogP contribution in [0.3, 0.4) is 0 Å². The molecule has 1 aromatic carbocycles. The smallest absolute Gasteiger partial charge is 0.0587 e. The molecular formula is C16H25NOS. The van der Waals surface area contributed by atoms with Crippen LogP contribution in [0, 0.1) is 0 Å². The Morgan fingerprint density at radius 3 is 2.79 bits per heavy atom. The van der Waals surface area contributed by atoms with Crippen molar-refractivity contribution in [1.29, 1.82) is 0 Å². The molecule has 0 aromatic heterocycles. The Kier molecular flexibility index (Phi) is 6.75. The summed E-state index contributed by atoms with van der Waals surface area (Å²) in [7, 11) is 1.74. The molecule has 3 heteroatoms. The van der Waals surface area contributed by atoms with Crippen LogP contribution in [0.1, 0.15) is 37.7 Å². The summed E-state index contributed by atoms with van der Waals surface area (Å²) in [5.74, 6) is 0. The third-order valence-corrected chi connectivity index (χ3v) is 5.07. The van der Waals surface area contributed by atoms with E-state index in [2.05, 4.69) is 41.3 Å². The summed E-state index contributed by atoms with van der Waals surface area (Å²) < 4.78 is 5.06. The lowest BCUT2D eigenvalue weighted by atomic mass is 10.0. The summed E-state index contributed by atoms with van der Waals surface area (Å²) in [5, 5.41) is 4.27. The van der Waals surface area contributed by atoms with Gasteiger partial charge in [-0.15, -0.1) is 11.8 Å². The van der Waals surface area contributed by atoms with Crippen molar-refractivity contribution < 1.29 is 4.74 Å². The highest BCUT2D eigenvalue weighted by atomic mass is 32.2. The van der Waals surface area contributed by atoms with E-state index in [1.807, 2.05) is 0 Å². The first-order valence-corrected chi connectivity index (χ1v) is 8.22. The predicted octanol–water partition coefficient (Wildman–Crippen LogP) is 3.85. The number of methoxy groups -OCH3 is 1. The second-order valence-electron chi connectivity index (χ2n) is 5.16. The summed E-state index contributed by atoms with van der Waals surface area (Å²) in [6.45, 7) is 2.64. The van der Waals surface area contributed by atoms with E-state index >= 15 is 0 Å². The molecular weight excluding hydrogens is 254 g/mol. The van der Waals surface area contributed by atoms with Crippen LogP contribution in [0.2, 0.25) is 0 Å². The van der Waals surface area contributed by atoms with Crippen molar-refractivity contribution in [2.75, 3.05) is 20.3 Å². The second kappa shape index (κ2) is 8.62. The minimum atomic E-state index is 0.776. The Labute approximate surface area is 121 Å². The van der Waals surface area contributed by atoms with Gasteiger partial charge in [0.1, 0.15) is 0 Å². The maximum Gasteiger partial charge on any atom is 0.0587 e. The normalized spacial score (nSPS) is 16.7. The fourth-order valence-corrected chi connectivity index (χ4v) is 3.90. The molecule has 106 valence electrons. The fourth-order valence-electron chi connectivity index (χ4n) is 2.52. The summed E-state index contributed by atoms with van der Waals surface area (Å²) in [4.78, 5) is 1.46. The Hall–Kier alpha value is -0.510. The van der Waals surface area contributed by atoms with Crippen LogP contribution in [-0.4, -0.2) is 25.5 Å². The Morgan fingerprint density at radius 1 is 1.21 bits per heavy atom. The van der Waals surface area contributed by atoms with Gasteiger partial charge in [0.2, 0.25) is 0 Å². The molecule has 1 aliphatic rings. The lowest BCUT2D eigenvalue weighted by Crippen LogP contribution is -2.19. The van der Waals surface area contributed by atoms with Gasteiger partial charge < -0.3 is 10.1 Å². The Balaban J connectivity index is 1.87. The molecule has 0 bridgehead atoms. The van der Waals surface area contributed by atoms with Crippen LogP contribution in [0.4, 0.5) is 0 Å². The van der Waals surface area contributed by atoms with Gasteiger partial charge in [-0.2, -0.15) is 0 Å². The van der Waals surface area contributed by atoms with E-state index < -0.39 is 0 Å². The van der Waals surface area contributed by atoms with Gasteiger partial charge in [0, 0.05) is 30.3 Å². The molecule has 1 saturated carbocycles. The Morgan fingerprint density at radius 2 is 2.00 bits per heavy atom. The van der Waals surface area contributed by atoms with Crippen molar-refractivity contribution in [3.63, 3.8) is 0 Å². The minimum Gasteiger partial charge on any atom is -0.383 e. The van der Waals surface area contributed by atoms with Gasteiger partial charge >= 0.3 is 0 Å². The van der Waals surface area contributed by atoms with Crippen LogP contribution >= 0.6 is 11.8 Å². The van der Waals surface area contributed by atoms with E-state index in [1.54, 1.807) is 7.11 Å². The lowest BCUT2D eigenvalue weighted by Gasteiger charge is -2.22. The maximum absolute atomic E-state index is 5.06. The lowest BCUT2D eigenvalue weighted by molar-refractivity contribution is 0.199. The van der Waals surface area contributed by atoms with Crippen LogP contribution < -0.4 is 5.32 Å². The zero-order valence-corrected chi connectivity index (χ0v) is 12.7. The highest BCUT2D eigenvalue weighted by Gasteiger charge is 2.15. The molecule has 19 heavy (non-hydrogen) atoms. The quantitative estimate of drug-likeness (QED) is 0.766. The fraction of sp³-hybridized carbons (Fsp3) is 0.625. The second-order valence-corrected chi connectivity index (χ2v) is 6.50. The number of hydrogen-bond donors (Lipinski definition) is 1. The predicted molar refractivity (Wildman–Crippen MR) is 82.8 cm³/mol. The van der Waals surface area contributed by atoms with Crippen molar-refractivity contribution in [1.82, 2.24) is 5.32 Å². The van der Waals surface area contributed by atoms with Gasteiger partial charge in [0.05, 0.1) is 6.61 Å². The molecule has 0 atom stereocenters. The number of rotatable bonds is 7. The van der Waals surface area contributed by atoms with Crippen molar-refractivity contribution in [2.45, 2.75) is 48.8 Å². The number of benzene rings is 1. The summed E-state index contributed by atoms with van der Waals surface area (Å²) in [6, 6.07) is 8.81. The summed E-state index contributed by atoms with van der Waals surface area (Å²) in [5.41, 5.74) is 1.43. The topological polar surface area (TPSA) is 21.3 Å². The van der Waals surface area contributed by atoms with Crippen LogP contribution in [0.25, 0.3) is 0 Å². The van der Waals surface area contributed by atoms with E-state index in [4.69, 9.17) is 4.74 Å². The first-order valence-electron chi connectivity index (χ1n) is 7.34. The van der Waals surface area contributed by atoms with Gasteiger partial charge in [0.15, 0.2) is 0 Å². The third-order valence-electron chi connectivity index (χ3n) is 3.62. The van der Waals surface area contributed by atoms with Crippen LogP contribution in [-0.2, 0) is 11.3 Å². The highest BCUT2D eigenvalue weighted by Crippen LogP contribution is 2.35. The van der Waals surface area contributed by atoms with Crippen molar-refractivity contribution in [3.05, 3.63) is 29.8 Å². The molecule has 0 spiro atoms. The first kappa shape index (κ1) is 14.9. The minimum absolute atomic E-state index is 0.776. The number of hydrogen-bond acceptors (Lipinski definition) is 3. The average molecular weight is 279 g/mol. The number of thioether (sulfide) groups is 1. The zero-order valence-electron chi connectivity index (χ0n) is 11.9. The molecule has 0 saturated heterocycles. The van der Waals surface area contributed by atoms with Gasteiger partial charge in [-0.05, 0) is 24.5 Å². The molecule has 2 rings (SSSR count). The molecule has 1 aromatic rings. The van der Waals surface area contributed by atoms with E-state index in [9.17, 15) is 0 Å². The highest BCUT2D eigenvalue weighted by molar-refractivity contribution is 8.00. The monoisotopic (exact) mass is 279 g/mol. The summed E-state index contributed by atoms with van der Waals surface area (Å²) >= 11 is 2.08. The van der Waals surface area contributed by atoms with Crippen molar-refractivity contribution in [3.8, 4) is 0 Å². The van der Waals surface area contributed by atoms with E-state index in [0.717, 1.165) is 24.9 Å². The van der Waals surface area contributed by atoms with Gasteiger partial charge in [-0.25, -0.2) is 0 Å². The molecule has 1 aliphatic carbocycles. The Bertz CT molecular complexity index is 364. The molecule has 1 fully saturated rings. The molecule has 0 heterocycles. The molecule has 0 radical (unpaired) electrons. The van der Waals surface area contributed by atoms with Gasteiger partial charge in [-0.1, -0.05) is 37.5 Å². The standard InChI is InChI=1S/C16H25NOS/c1-18-12-11-17-13-14-7-5-6-10-16(14)19-15-8-3-2-4-9-15/h5-7,10,15,17H,2-4,8-9,11-13H2,1H3. The molecule has 0 amide bonds. The number of ether oxygens (including phenoxy) is 1. The zero-order chi connectivity index (χ0) is 13.3. The largest absolute Gasteiger partial charge is 0.383 e. The average Bonchev–Trinajstić information content (AvgIpc) is 2.46. The van der Waals surface area contributed by atoms with Gasteiger partial charge in [0.25, 0.3) is 0 Å². The van der Waals surface area contributed by atoms with Crippen molar-refractivity contribution >= 4 is 11.8 Å². The van der Waals surface area contributed by atoms with Gasteiger partial charge in [-0.3, -0.25) is 0 Å². The van der Waals surface area contributed by atoms with E-state index in [-0.39, 0.29) is 0 Å². The van der Waals surface area contributed by atoms with E-state index in [0.29, 0.717) is 0 Å². The molecule has 0 unspecified atom stereocenters. The van der Waals surface area contributed by atoms with Crippen LogP contribution in [0.15, 0.2) is 29.2 Å². The first-order chi connectivity index (χ1) is 9.40. The molecule has 0 aliphatic heterocycles. The molecule has 2 nitrogen and oxygen atoms in total. The van der Waals surface area contributed by atoms with Crippen LogP contribution in [0.5, 0.6) is 0 Å². The summed E-state index contributed by atoms with van der Waals surface area (Å²) in [6.07, 6.45) is 7.02. The van der Waals surface area contributed by atoms with Crippen molar-refractivity contribution in [2.24, 2.45) is 0 Å². The molecule has 1 N–H and O–H groups in total. The third kappa shape index (κ3) is 5.17. The SMILES string of the molecule is COCCNCc1ccccc1SC1CCCCC1.